The molecule has 2 N–H and O–H groups in total. The third-order valence-electron chi connectivity index (χ3n) is 4.43. The standard InChI is InChI=1S/C16H18ClF3N2O4.ClH/c1-8(14(23)21-12-5-9(17)3-4-13(12)26-2)22-6-10(15(24)25)11(7-22)16(18,19)20;/h3-5,8,10-11H,6-7H2,1-2H3,(H,21,23)(H,24,25);1H/t8?,10-,11-;/m1./s1. The van der Waals surface area contributed by atoms with Crippen molar-refractivity contribution in [2.24, 2.45) is 11.8 Å². The second kappa shape index (κ2) is 8.99. The molecule has 1 heterocycles. The van der Waals surface area contributed by atoms with Crippen molar-refractivity contribution >= 4 is 41.6 Å². The highest BCUT2D eigenvalue weighted by Gasteiger charge is 2.53. The molecule has 1 saturated heterocycles. The summed E-state index contributed by atoms with van der Waals surface area (Å²) in [6.45, 7) is 0.506. The van der Waals surface area contributed by atoms with E-state index in [-0.39, 0.29) is 24.6 Å². The van der Waals surface area contributed by atoms with Gasteiger partial charge in [0.25, 0.3) is 0 Å². The number of carbonyl (C=O) groups is 2. The number of hydrogen-bond donors (Lipinski definition) is 2. The Morgan fingerprint density at radius 2 is 2.00 bits per heavy atom. The van der Waals surface area contributed by atoms with Crippen LogP contribution in [0.2, 0.25) is 5.02 Å². The molecule has 1 aliphatic rings. The summed E-state index contributed by atoms with van der Waals surface area (Å²) in [4.78, 5) is 24.8. The predicted octanol–water partition coefficient (Wildman–Crippen LogP) is 3.29. The van der Waals surface area contributed by atoms with Crippen molar-refractivity contribution in [3.63, 3.8) is 0 Å². The first-order valence-corrected chi connectivity index (χ1v) is 8.10. The summed E-state index contributed by atoms with van der Waals surface area (Å²) in [5.74, 6) is -5.40. The van der Waals surface area contributed by atoms with Crippen LogP contribution in [-0.2, 0) is 9.59 Å². The van der Waals surface area contributed by atoms with E-state index in [1.165, 1.54) is 25.0 Å². The van der Waals surface area contributed by atoms with E-state index in [0.29, 0.717) is 10.8 Å². The van der Waals surface area contributed by atoms with E-state index in [4.69, 9.17) is 21.4 Å². The van der Waals surface area contributed by atoms with Gasteiger partial charge in [0, 0.05) is 18.1 Å². The zero-order valence-electron chi connectivity index (χ0n) is 14.4. The lowest BCUT2D eigenvalue weighted by molar-refractivity contribution is -0.188. The Balaban J connectivity index is 0.00000364. The summed E-state index contributed by atoms with van der Waals surface area (Å²) in [6.07, 6.45) is -4.65. The fraction of sp³-hybridized carbons (Fsp3) is 0.500. The highest BCUT2D eigenvalue weighted by molar-refractivity contribution is 6.31. The number of nitrogens with zero attached hydrogens (tertiary/aromatic N) is 1. The number of rotatable bonds is 5. The maximum absolute atomic E-state index is 13.1. The average Bonchev–Trinajstić information content (AvgIpc) is 3.00. The fourth-order valence-corrected chi connectivity index (χ4v) is 3.09. The maximum Gasteiger partial charge on any atom is 0.393 e. The monoisotopic (exact) mass is 430 g/mol. The third-order valence-corrected chi connectivity index (χ3v) is 4.67. The first-order valence-electron chi connectivity index (χ1n) is 7.72. The van der Waals surface area contributed by atoms with E-state index in [1.807, 2.05) is 0 Å². The molecular weight excluding hydrogens is 412 g/mol. The molecule has 1 aromatic carbocycles. The van der Waals surface area contributed by atoms with Crippen molar-refractivity contribution in [2.45, 2.75) is 19.1 Å². The Kier molecular flexibility index (Phi) is 7.76. The van der Waals surface area contributed by atoms with Crippen LogP contribution in [0.1, 0.15) is 6.92 Å². The first-order chi connectivity index (χ1) is 12.0. The van der Waals surface area contributed by atoms with Crippen molar-refractivity contribution in [3.05, 3.63) is 23.2 Å². The van der Waals surface area contributed by atoms with Gasteiger partial charge in [-0.3, -0.25) is 14.5 Å². The number of halogens is 5. The number of alkyl halides is 3. The van der Waals surface area contributed by atoms with Gasteiger partial charge in [-0.25, -0.2) is 0 Å². The van der Waals surface area contributed by atoms with Crippen molar-refractivity contribution in [1.29, 1.82) is 0 Å². The lowest BCUT2D eigenvalue weighted by Gasteiger charge is -2.24. The van der Waals surface area contributed by atoms with Crippen LogP contribution in [0.5, 0.6) is 5.75 Å². The number of carbonyl (C=O) groups excluding carboxylic acids is 1. The second-order valence-corrected chi connectivity index (χ2v) is 6.49. The van der Waals surface area contributed by atoms with E-state index in [9.17, 15) is 22.8 Å². The quantitative estimate of drug-likeness (QED) is 0.748. The van der Waals surface area contributed by atoms with Crippen molar-refractivity contribution < 1.29 is 32.6 Å². The number of methoxy groups -OCH3 is 1. The molecule has 1 aliphatic heterocycles. The molecule has 0 aromatic heterocycles. The third kappa shape index (κ3) is 5.40. The van der Waals surface area contributed by atoms with E-state index in [2.05, 4.69) is 5.32 Å². The zero-order valence-corrected chi connectivity index (χ0v) is 16.0. The number of carboxylic acids is 1. The molecule has 3 atom stereocenters. The number of nitrogens with one attached hydrogen (secondary N) is 1. The number of anilines is 1. The van der Waals surface area contributed by atoms with Gasteiger partial charge in [0.1, 0.15) is 5.75 Å². The molecule has 1 fully saturated rings. The molecule has 27 heavy (non-hydrogen) atoms. The van der Waals surface area contributed by atoms with Crippen LogP contribution in [0.15, 0.2) is 18.2 Å². The summed E-state index contributed by atoms with van der Waals surface area (Å²) in [5.41, 5.74) is 0.276. The van der Waals surface area contributed by atoms with Crippen LogP contribution >= 0.6 is 24.0 Å². The Bertz CT molecular complexity index is 703. The Hall–Kier alpha value is -1.71. The minimum Gasteiger partial charge on any atom is -0.495 e. The zero-order chi connectivity index (χ0) is 19.6. The molecule has 6 nitrogen and oxygen atoms in total. The van der Waals surface area contributed by atoms with Gasteiger partial charge < -0.3 is 15.2 Å². The van der Waals surface area contributed by atoms with E-state index < -0.39 is 42.5 Å². The molecule has 1 amide bonds. The Morgan fingerprint density at radius 1 is 1.37 bits per heavy atom. The molecule has 1 unspecified atom stereocenters. The van der Waals surface area contributed by atoms with E-state index >= 15 is 0 Å². The van der Waals surface area contributed by atoms with Gasteiger partial charge >= 0.3 is 12.1 Å². The van der Waals surface area contributed by atoms with Gasteiger partial charge in [-0.15, -0.1) is 12.4 Å². The molecule has 1 aromatic rings. The Morgan fingerprint density at radius 3 is 2.48 bits per heavy atom. The van der Waals surface area contributed by atoms with Gasteiger partial charge in [0.15, 0.2) is 0 Å². The van der Waals surface area contributed by atoms with E-state index in [1.54, 1.807) is 12.1 Å². The minimum absolute atomic E-state index is 0. The van der Waals surface area contributed by atoms with Crippen molar-refractivity contribution in [3.8, 4) is 5.75 Å². The number of benzene rings is 1. The number of hydrogen-bond acceptors (Lipinski definition) is 4. The largest absolute Gasteiger partial charge is 0.495 e. The lowest BCUT2D eigenvalue weighted by Crippen LogP contribution is -2.41. The summed E-state index contributed by atoms with van der Waals surface area (Å²) >= 11 is 5.88. The number of ether oxygens (including phenoxy) is 1. The molecule has 11 heteroatoms. The summed E-state index contributed by atoms with van der Waals surface area (Å²) in [6, 6.07) is 3.59. The van der Waals surface area contributed by atoms with Crippen LogP contribution in [0.25, 0.3) is 0 Å². The molecular formula is C16H19Cl2F3N2O4. The highest BCUT2D eigenvalue weighted by Crippen LogP contribution is 2.38. The normalized spacial score (nSPS) is 21.3. The summed E-state index contributed by atoms with van der Waals surface area (Å²) in [7, 11) is 1.40. The van der Waals surface area contributed by atoms with Gasteiger partial charge in [-0.05, 0) is 25.1 Å². The molecule has 0 aliphatic carbocycles. The van der Waals surface area contributed by atoms with E-state index in [0.717, 1.165) is 0 Å². The fourth-order valence-electron chi connectivity index (χ4n) is 2.91. The number of amides is 1. The SMILES string of the molecule is COc1ccc(Cl)cc1NC(=O)C(C)N1C[C@@H](C(F)(F)F)[C@H](C(=O)O)C1.Cl. The topological polar surface area (TPSA) is 78.9 Å². The van der Waals surface area contributed by atoms with Crippen LogP contribution in [-0.4, -0.2) is 54.3 Å². The predicted molar refractivity (Wildman–Crippen MR) is 95.6 cm³/mol. The van der Waals surface area contributed by atoms with Crippen LogP contribution in [0.4, 0.5) is 18.9 Å². The summed E-state index contributed by atoms with van der Waals surface area (Å²) < 4.78 is 44.3. The maximum atomic E-state index is 13.1. The van der Waals surface area contributed by atoms with Gasteiger partial charge in [0.05, 0.1) is 30.7 Å². The lowest BCUT2D eigenvalue weighted by atomic mass is 9.96. The first kappa shape index (κ1) is 23.3. The molecule has 0 bridgehead atoms. The number of carboxylic acid groups (broad SMARTS) is 1. The summed E-state index contributed by atoms with van der Waals surface area (Å²) in [5, 5.41) is 12.0. The van der Waals surface area contributed by atoms with Crippen LogP contribution < -0.4 is 10.1 Å². The van der Waals surface area contributed by atoms with Crippen molar-refractivity contribution in [2.75, 3.05) is 25.5 Å². The van der Waals surface area contributed by atoms with Gasteiger partial charge in [-0.2, -0.15) is 13.2 Å². The molecule has 0 spiro atoms. The highest BCUT2D eigenvalue weighted by atomic mass is 35.5. The minimum atomic E-state index is -4.65. The molecule has 152 valence electrons. The van der Waals surface area contributed by atoms with Gasteiger partial charge in [-0.1, -0.05) is 11.6 Å². The molecule has 0 radical (unpaired) electrons. The van der Waals surface area contributed by atoms with Crippen LogP contribution in [0.3, 0.4) is 0 Å². The average molecular weight is 431 g/mol. The number of likely N-dealkylation sites (tertiary alicyclic amines) is 1. The molecule has 0 saturated carbocycles. The smallest absolute Gasteiger partial charge is 0.393 e. The van der Waals surface area contributed by atoms with Gasteiger partial charge in [0.2, 0.25) is 5.91 Å². The second-order valence-electron chi connectivity index (χ2n) is 6.06. The number of aliphatic carboxylic acids is 1. The molecule has 2 rings (SSSR count). The van der Waals surface area contributed by atoms with Crippen LogP contribution in [0, 0.1) is 11.8 Å². The van der Waals surface area contributed by atoms with Crippen molar-refractivity contribution in [1.82, 2.24) is 4.90 Å². The Labute approximate surface area is 165 Å².